The second kappa shape index (κ2) is 5.21. The molecule has 0 atom stereocenters. The highest BCUT2D eigenvalue weighted by atomic mass is 35.5. The maximum atomic E-state index is 13.0. The van der Waals surface area contributed by atoms with Crippen molar-refractivity contribution in [3.05, 3.63) is 47.0 Å². The van der Waals surface area contributed by atoms with Gasteiger partial charge in [-0.05, 0) is 30.4 Å². The van der Waals surface area contributed by atoms with Gasteiger partial charge in [0.05, 0.1) is 0 Å². The molecule has 0 radical (unpaired) electrons. The van der Waals surface area contributed by atoms with E-state index < -0.39 is 0 Å². The molecule has 0 aromatic heterocycles. The van der Waals surface area contributed by atoms with Crippen molar-refractivity contribution in [1.82, 2.24) is 0 Å². The first-order valence-corrected chi connectivity index (χ1v) is 7.72. The Morgan fingerprint density at radius 3 is 2.35 bits per heavy atom. The second-order valence-corrected chi connectivity index (χ2v) is 6.50. The number of fused-ring (bicyclic) bond motifs is 1. The van der Waals surface area contributed by atoms with Crippen molar-refractivity contribution in [2.45, 2.75) is 39.0 Å². The number of hydrogen-bond acceptors (Lipinski definition) is 1. The smallest absolute Gasteiger partial charge is 0.169 e. The standard InChI is InChI=1S/C18H19ClO/c1-18(11-5-2-6-12-18)17(20)15-9-10-16(19)14-8-4-3-7-13(14)15/h3-4,7-10H,2,5-6,11-12H2,1H3. The molecule has 2 heteroatoms. The van der Waals surface area contributed by atoms with Crippen molar-refractivity contribution < 1.29 is 4.79 Å². The Morgan fingerprint density at radius 1 is 1.00 bits per heavy atom. The molecule has 1 aliphatic carbocycles. The first kappa shape index (κ1) is 13.6. The van der Waals surface area contributed by atoms with Crippen LogP contribution in [0.3, 0.4) is 0 Å². The van der Waals surface area contributed by atoms with Gasteiger partial charge in [-0.2, -0.15) is 0 Å². The van der Waals surface area contributed by atoms with E-state index in [4.69, 9.17) is 11.6 Å². The first-order chi connectivity index (χ1) is 9.62. The summed E-state index contributed by atoms with van der Waals surface area (Å²) in [4.78, 5) is 13.0. The average Bonchev–Trinajstić information content (AvgIpc) is 2.48. The fourth-order valence-electron chi connectivity index (χ4n) is 3.34. The van der Waals surface area contributed by atoms with Crippen LogP contribution in [0.5, 0.6) is 0 Å². The maximum absolute atomic E-state index is 13.0. The molecule has 2 aromatic rings. The van der Waals surface area contributed by atoms with Gasteiger partial charge in [0.1, 0.15) is 0 Å². The largest absolute Gasteiger partial charge is 0.294 e. The summed E-state index contributed by atoms with van der Waals surface area (Å²) in [5.74, 6) is 0.282. The topological polar surface area (TPSA) is 17.1 Å². The second-order valence-electron chi connectivity index (χ2n) is 6.09. The predicted octanol–water partition coefficient (Wildman–Crippen LogP) is 5.65. The molecule has 0 aliphatic heterocycles. The van der Waals surface area contributed by atoms with Crippen LogP contribution in [0, 0.1) is 5.41 Å². The Labute approximate surface area is 124 Å². The lowest BCUT2D eigenvalue weighted by atomic mass is 9.70. The van der Waals surface area contributed by atoms with Crippen molar-refractivity contribution in [2.24, 2.45) is 5.41 Å². The van der Waals surface area contributed by atoms with Crippen LogP contribution < -0.4 is 0 Å². The van der Waals surface area contributed by atoms with Crippen LogP contribution >= 0.6 is 11.6 Å². The molecule has 1 aliphatic rings. The van der Waals surface area contributed by atoms with E-state index in [0.717, 1.165) is 42.0 Å². The van der Waals surface area contributed by atoms with Gasteiger partial charge in [-0.3, -0.25) is 4.79 Å². The summed E-state index contributed by atoms with van der Waals surface area (Å²) in [6.45, 7) is 2.12. The van der Waals surface area contributed by atoms with E-state index in [0.29, 0.717) is 5.02 Å². The maximum Gasteiger partial charge on any atom is 0.169 e. The third-order valence-electron chi connectivity index (χ3n) is 4.62. The number of halogens is 1. The highest BCUT2D eigenvalue weighted by Gasteiger charge is 2.35. The van der Waals surface area contributed by atoms with Crippen molar-refractivity contribution in [1.29, 1.82) is 0 Å². The average molecular weight is 287 g/mol. The Hall–Kier alpha value is -1.34. The fraction of sp³-hybridized carbons (Fsp3) is 0.389. The molecule has 1 nitrogen and oxygen atoms in total. The lowest BCUT2D eigenvalue weighted by Crippen LogP contribution is -2.30. The summed E-state index contributed by atoms with van der Waals surface area (Å²) in [6, 6.07) is 11.7. The van der Waals surface area contributed by atoms with Crippen molar-refractivity contribution >= 4 is 28.2 Å². The molecule has 0 unspecified atom stereocenters. The highest BCUT2D eigenvalue weighted by molar-refractivity contribution is 6.36. The number of benzene rings is 2. The van der Waals surface area contributed by atoms with Crippen molar-refractivity contribution in [3.8, 4) is 0 Å². The quantitative estimate of drug-likeness (QED) is 0.652. The molecule has 2 aromatic carbocycles. The number of carbonyl (C=O) groups excluding carboxylic acids is 1. The Balaban J connectivity index is 2.10. The minimum atomic E-state index is -0.200. The number of hydrogen-bond donors (Lipinski definition) is 0. The summed E-state index contributed by atoms with van der Waals surface area (Å²) < 4.78 is 0. The normalized spacial score (nSPS) is 18.1. The molecule has 0 heterocycles. The minimum absolute atomic E-state index is 0.200. The summed E-state index contributed by atoms with van der Waals surface area (Å²) in [7, 11) is 0. The molecule has 1 fully saturated rings. The van der Waals surface area contributed by atoms with E-state index in [1.54, 1.807) is 0 Å². The van der Waals surface area contributed by atoms with E-state index in [9.17, 15) is 4.79 Å². The van der Waals surface area contributed by atoms with E-state index in [1.165, 1.54) is 6.42 Å². The first-order valence-electron chi connectivity index (χ1n) is 7.34. The molecule has 0 amide bonds. The lowest BCUT2D eigenvalue weighted by Gasteiger charge is -2.32. The van der Waals surface area contributed by atoms with Crippen LogP contribution in [0.1, 0.15) is 49.4 Å². The zero-order chi connectivity index (χ0) is 14.2. The van der Waals surface area contributed by atoms with Crippen molar-refractivity contribution in [3.63, 3.8) is 0 Å². The predicted molar refractivity (Wildman–Crippen MR) is 84.5 cm³/mol. The van der Waals surface area contributed by atoms with Gasteiger partial charge >= 0.3 is 0 Å². The Kier molecular flexibility index (Phi) is 3.55. The summed E-state index contributed by atoms with van der Waals surface area (Å²) in [6.07, 6.45) is 5.58. The molecular formula is C18H19ClO. The lowest BCUT2D eigenvalue weighted by molar-refractivity contribution is 0.0751. The van der Waals surface area contributed by atoms with Gasteiger partial charge in [-0.25, -0.2) is 0 Å². The molecule has 0 bridgehead atoms. The van der Waals surface area contributed by atoms with Crippen LogP contribution in [0.25, 0.3) is 10.8 Å². The van der Waals surface area contributed by atoms with E-state index in [2.05, 4.69) is 6.92 Å². The molecular weight excluding hydrogens is 268 g/mol. The molecule has 0 spiro atoms. The Morgan fingerprint density at radius 2 is 1.65 bits per heavy atom. The zero-order valence-corrected chi connectivity index (χ0v) is 12.5. The highest BCUT2D eigenvalue weighted by Crippen LogP contribution is 2.40. The summed E-state index contributed by atoms with van der Waals surface area (Å²) >= 11 is 6.24. The van der Waals surface area contributed by atoms with Gasteiger partial charge in [0.15, 0.2) is 5.78 Å². The van der Waals surface area contributed by atoms with Crippen LogP contribution in [-0.4, -0.2) is 5.78 Å². The number of ketones is 1. The van der Waals surface area contributed by atoms with Crippen LogP contribution in [0.15, 0.2) is 36.4 Å². The van der Waals surface area contributed by atoms with E-state index >= 15 is 0 Å². The molecule has 104 valence electrons. The van der Waals surface area contributed by atoms with Gasteiger partial charge in [-0.1, -0.05) is 62.1 Å². The molecule has 0 N–H and O–H groups in total. The number of rotatable bonds is 2. The third-order valence-corrected chi connectivity index (χ3v) is 4.95. The van der Waals surface area contributed by atoms with Crippen LogP contribution in [0.4, 0.5) is 0 Å². The minimum Gasteiger partial charge on any atom is -0.294 e. The van der Waals surface area contributed by atoms with Gasteiger partial charge < -0.3 is 0 Å². The Bertz CT molecular complexity index is 654. The molecule has 1 saturated carbocycles. The van der Waals surface area contributed by atoms with Gasteiger partial charge in [0.2, 0.25) is 0 Å². The summed E-state index contributed by atoms with van der Waals surface area (Å²) in [5, 5.41) is 2.67. The third kappa shape index (κ3) is 2.25. The van der Waals surface area contributed by atoms with Crippen LogP contribution in [0.2, 0.25) is 5.02 Å². The van der Waals surface area contributed by atoms with Gasteiger partial charge in [-0.15, -0.1) is 0 Å². The molecule has 20 heavy (non-hydrogen) atoms. The zero-order valence-electron chi connectivity index (χ0n) is 11.8. The molecule has 0 saturated heterocycles. The van der Waals surface area contributed by atoms with Gasteiger partial charge in [0.25, 0.3) is 0 Å². The van der Waals surface area contributed by atoms with E-state index in [1.807, 2.05) is 36.4 Å². The number of Topliss-reactive ketones (excluding diaryl/α,β-unsaturated/α-hetero) is 1. The van der Waals surface area contributed by atoms with Crippen molar-refractivity contribution in [2.75, 3.05) is 0 Å². The van der Waals surface area contributed by atoms with Crippen LogP contribution in [-0.2, 0) is 0 Å². The summed E-state index contributed by atoms with van der Waals surface area (Å²) in [5.41, 5.74) is 0.629. The fourth-order valence-corrected chi connectivity index (χ4v) is 3.57. The number of carbonyl (C=O) groups is 1. The van der Waals surface area contributed by atoms with Gasteiger partial charge in [0, 0.05) is 21.4 Å². The molecule has 3 rings (SSSR count). The monoisotopic (exact) mass is 286 g/mol. The SMILES string of the molecule is CC1(C(=O)c2ccc(Cl)c3ccccc23)CCCCC1. The van der Waals surface area contributed by atoms with E-state index in [-0.39, 0.29) is 11.2 Å².